The molecule has 4 nitrogen and oxygen atoms in total. The molecular formula is C6H15Cl2N2O2PS. The molecule has 0 saturated heterocycles. The monoisotopic (exact) mass is 280 g/mol. The molecule has 0 rings (SSSR count). The second-order valence-electron chi connectivity index (χ2n) is 2.45. The van der Waals surface area contributed by atoms with Crippen LogP contribution >= 0.6 is 43.5 Å². The van der Waals surface area contributed by atoms with Gasteiger partial charge in [-0.3, -0.25) is 4.57 Å². The van der Waals surface area contributed by atoms with Crippen molar-refractivity contribution in [1.82, 2.24) is 4.67 Å². The third-order valence-electron chi connectivity index (χ3n) is 1.45. The maximum atomic E-state index is 11.8. The Kier molecular flexibility index (Phi) is 8.83. The number of hydrogen-bond acceptors (Lipinski definition) is 3. The predicted octanol–water partition coefficient (Wildman–Crippen LogP) is 1.78. The SMILES string of the molecule is NP(=O)(OCCS)N(CCCl)CCCl. The zero-order valence-electron chi connectivity index (χ0n) is 7.73. The lowest BCUT2D eigenvalue weighted by Crippen LogP contribution is -2.29. The molecule has 0 aromatic heterocycles. The molecule has 86 valence electrons. The first-order chi connectivity index (χ1) is 6.58. The zero-order chi connectivity index (χ0) is 11.0. The Balaban J connectivity index is 4.21. The maximum absolute atomic E-state index is 11.8. The summed E-state index contributed by atoms with van der Waals surface area (Å²) < 4.78 is 18.3. The van der Waals surface area contributed by atoms with Crippen LogP contribution in [-0.2, 0) is 9.09 Å². The zero-order valence-corrected chi connectivity index (χ0v) is 11.0. The highest BCUT2D eigenvalue weighted by molar-refractivity contribution is 7.80. The summed E-state index contributed by atoms with van der Waals surface area (Å²) in [5, 5.41) is 0. The number of thiol groups is 1. The Morgan fingerprint density at radius 2 is 1.86 bits per heavy atom. The minimum absolute atomic E-state index is 0.248. The van der Waals surface area contributed by atoms with E-state index in [0.717, 1.165) is 0 Å². The Bertz CT molecular complexity index is 193. The van der Waals surface area contributed by atoms with Crippen LogP contribution < -0.4 is 5.50 Å². The van der Waals surface area contributed by atoms with Gasteiger partial charge in [0.25, 0.3) is 0 Å². The van der Waals surface area contributed by atoms with Crippen LogP contribution in [0.25, 0.3) is 0 Å². The summed E-state index contributed by atoms with van der Waals surface area (Å²) in [6.07, 6.45) is 0. The van der Waals surface area contributed by atoms with Gasteiger partial charge in [0, 0.05) is 30.6 Å². The third-order valence-corrected chi connectivity index (χ3v) is 3.71. The van der Waals surface area contributed by atoms with Crippen LogP contribution in [0.4, 0.5) is 0 Å². The molecule has 0 saturated carbocycles. The number of hydrogen-bond donors (Lipinski definition) is 2. The van der Waals surface area contributed by atoms with E-state index < -0.39 is 7.67 Å². The summed E-state index contributed by atoms with van der Waals surface area (Å²) in [7, 11) is -3.24. The molecule has 1 unspecified atom stereocenters. The predicted molar refractivity (Wildman–Crippen MR) is 64.6 cm³/mol. The molecule has 8 heteroatoms. The molecule has 1 atom stereocenters. The third kappa shape index (κ3) is 5.81. The van der Waals surface area contributed by atoms with Gasteiger partial charge in [-0.25, -0.2) is 10.2 Å². The van der Waals surface area contributed by atoms with Crippen LogP contribution in [0, 0.1) is 0 Å². The van der Waals surface area contributed by atoms with E-state index in [2.05, 4.69) is 12.6 Å². The van der Waals surface area contributed by atoms with E-state index in [0.29, 0.717) is 30.6 Å². The van der Waals surface area contributed by atoms with Crippen molar-refractivity contribution in [2.24, 2.45) is 5.50 Å². The van der Waals surface area contributed by atoms with Crippen molar-refractivity contribution in [2.75, 3.05) is 37.2 Å². The van der Waals surface area contributed by atoms with Gasteiger partial charge in [0.1, 0.15) is 0 Å². The topological polar surface area (TPSA) is 55.6 Å². The van der Waals surface area contributed by atoms with E-state index in [9.17, 15) is 4.57 Å². The summed E-state index contributed by atoms with van der Waals surface area (Å²) in [4.78, 5) is 0. The van der Waals surface area contributed by atoms with Crippen LogP contribution in [0.5, 0.6) is 0 Å². The Morgan fingerprint density at radius 1 is 1.36 bits per heavy atom. The summed E-state index contributed by atoms with van der Waals surface area (Å²) >= 11 is 15.0. The summed E-state index contributed by atoms with van der Waals surface area (Å²) in [6, 6.07) is 0. The van der Waals surface area contributed by atoms with E-state index in [1.165, 1.54) is 4.67 Å². The first-order valence-corrected chi connectivity index (χ1v) is 7.44. The van der Waals surface area contributed by atoms with Crippen molar-refractivity contribution >= 4 is 43.5 Å². The molecule has 0 heterocycles. The van der Waals surface area contributed by atoms with Gasteiger partial charge in [-0.05, 0) is 0 Å². The fourth-order valence-electron chi connectivity index (χ4n) is 0.839. The summed E-state index contributed by atoms with van der Waals surface area (Å²) in [6.45, 7) is 1.04. The quantitative estimate of drug-likeness (QED) is 0.404. The van der Waals surface area contributed by atoms with Crippen molar-refractivity contribution in [3.8, 4) is 0 Å². The molecule has 0 radical (unpaired) electrons. The van der Waals surface area contributed by atoms with Crippen LogP contribution in [0.1, 0.15) is 0 Å². The molecule has 2 N–H and O–H groups in total. The molecule has 0 spiro atoms. The van der Waals surface area contributed by atoms with Gasteiger partial charge < -0.3 is 4.52 Å². The number of alkyl halides is 2. The number of rotatable bonds is 8. The first kappa shape index (κ1) is 15.0. The number of halogens is 2. The molecule has 0 aliphatic heterocycles. The first-order valence-electron chi connectivity index (χ1n) is 4.10. The number of nitrogens with zero attached hydrogens (tertiary/aromatic N) is 1. The van der Waals surface area contributed by atoms with Crippen molar-refractivity contribution < 1.29 is 9.09 Å². The molecule has 0 fully saturated rings. The van der Waals surface area contributed by atoms with Crippen molar-refractivity contribution in [3.63, 3.8) is 0 Å². The van der Waals surface area contributed by atoms with Crippen molar-refractivity contribution in [2.45, 2.75) is 0 Å². The molecule has 14 heavy (non-hydrogen) atoms. The van der Waals surface area contributed by atoms with E-state index in [-0.39, 0.29) is 6.61 Å². The highest BCUT2D eigenvalue weighted by atomic mass is 35.5. The van der Waals surface area contributed by atoms with Crippen molar-refractivity contribution in [1.29, 1.82) is 0 Å². The van der Waals surface area contributed by atoms with Gasteiger partial charge >= 0.3 is 7.67 Å². The standard InChI is InChI=1S/C6H15Cl2N2O2PS/c7-1-3-10(4-2-8)13(9,11)12-5-6-14/h14H,1-6H2,(H2,9,11). The van der Waals surface area contributed by atoms with Gasteiger partial charge in [-0.2, -0.15) is 12.6 Å². The van der Waals surface area contributed by atoms with Crippen LogP contribution in [0.15, 0.2) is 0 Å². The largest absolute Gasteiger partial charge is 0.340 e. The molecule has 0 aromatic rings. The summed E-state index contributed by atoms with van der Waals surface area (Å²) in [5.41, 5.74) is 5.53. The highest BCUT2D eigenvalue weighted by Gasteiger charge is 2.25. The van der Waals surface area contributed by atoms with Gasteiger partial charge in [0.15, 0.2) is 0 Å². The fourth-order valence-corrected chi connectivity index (χ4v) is 2.99. The minimum atomic E-state index is -3.24. The molecule has 0 aliphatic carbocycles. The second-order valence-corrected chi connectivity index (χ2v) is 5.61. The van der Waals surface area contributed by atoms with Crippen LogP contribution in [-0.4, -0.2) is 41.9 Å². The molecule has 0 amide bonds. The molecule has 0 aromatic carbocycles. The second kappa shape index (κ2) is 8.22. The maximum Gasteiger partial charge on any atom is 0.340 e. The minimum Gasteiger partial charge on any atom is -0.305 e. The van der Waals surface area contributed by atoms with Crippen LogP contribution in [0.3, 0.4) is 0 Å². The van der Waals surface area contributed by atoms with Gasteiger partial charge in [-0.15, -0.1) is 23.2 Å². The van der Waals surface area contributed by atoms with Gasteiger partial charge in [0.2, 0.25) is 0 Å². The average molecular weight is 281 g/mol. The Morgan fingerprint density at radius 3 is 2.21 bits per heavy atom. The van der Waals surface area contributed by atoms with E-state index in [1.54, 1.807) is 0 Å². The van der Waals surface area contributed by atoms with E-state index in [1.807, 2.05) is 0 Å². The fraction of sp³-hybridized carbons (Fsp3) is 1.00. The number of nitrogens with two attached hydrogens (primary N) is 1. The van der Waals surface area contributed by atoms with E-state index in [4.69, 9.17) is 33.2 Å². The summed E-state index contributed by atoms with van der Waals surface area (Å²) in [5.74, 6) is 1.14. The van der Waals surface area contributed by atoms with Gasteiger partial charge in [-0.1, -0.05) is 0 Å². The van der Waals surface area contributed by atoms with Crippen molar-refractivity contribution in [3.05, 3.63) is 0 Å². The molecule has 0 aliphatic rings. The van der Waals surface area contributed by atoms with E-state index >= 15 is 0 Å². The average Bonchev–Trinajstić information content (AvgIpc) is 2.14. The smallest absolute Gasteiger partial charge is 0.305 e. The lowest BCUT2D eigenvalue weighted by molar-refractivity contribution is 0.282. The lowest BCUT2D eigenvalue weighted by Gasteiger charge is -2.26. The Labute approximate surface area is 100 Å². The molecular weight excluding hydrogens is 266 g/mol. The van der Waals surface area contributed by atoms with Gasteiger partial charge in [0.05, 0.1) is 6.61 Å². The van der Waals surface area contributed by atoms with Crippen LogP contribution in [0.2, 0.25) is 0 Å². The lowest BCUT2D eigenvalue weighted by atomic mass is 10.6. The molecule has 0 bridgehead atoms. The normalized spacial score (nSPS) is 15.8. The highest BCUT2D eigenvalue weighted by Crippen LogP contribution is 2.41. The Hall–Kier alpha value is 1.04.